The fraction of sp³-hybridized carbons (Fsp3) is 0.857. The zero-order valence-corrected chi connectivity index (χ0v) is 12.5. The van der Waals surface area contributed by atoms with Gasteiger partial charge in [-0.05, 0) is 59.3 Å². The summed E-state index contributed by atoms with van der Waals surface area (Å²) in [6.07, 6.45) is 4.74. The Hall–Kier alpha value is -1.46. The van der Waals surface area contributed by atoms with Gasteiger partial charge < -0.3 is 21.0 Å². The van der Waals surface area contributed by atoms with Gasteiger partial charge in [0, 0.05) is 11.0 Å². The Morgan fingerprint density at radius 1 is 1.20 bits per heavy atom. The quantitative estimate of drug-likeness (QED) is 0.313. The van der Waals surface area contributed by atoms with Crippen molar-refractivity contribution >= 4 is 11.9 Å². The number of rotatable bonds is 2. The van der Waals surface area contributed by atoms with Crippen LogP contribution >= 0.6 is 0 Å². The number of oxime groups is 1. The number of fused-ring (bicyclic) bond motifs is 3. The normalized spacial score (nSPS) is 33.9. The van der Waals surface area contributed by atoms with Gasteiger partial charge in [0.25, 0.3) is 0 Å². The van der Waals surface area contributed by atoms with Crippen LogP contribution in [-0.2, 0) is 4.74 Å². The second kappa shape index (κ2) is 4.82. The molecule has 0 aliphatic heterocycles. The molecule has 1 amide bonds. The smallest absolute Gasteiger partial charge is 0.408 e. The zero-order chi connectivity index (χ0) is 15.0. The summed E-state index contributed by atoms with van der Waals surface area (Å²) in [6, 6.07) is 0. The predicted molar refractivity (Wildman–Crippen MR) is 75.6 cm³/mol. The molecule has 0 saturated heterocycles. The van der Waals surface area contributed by atoms with Gasteiger partial charge in [-0.25, -0.2) is 4.79 Å². The number of nitrogens with two attached hydrogens (primary N) is 1. The van der Waals surface area contributed by atoms with Crippen LogP contribution in [-0.4, -0.2) is 28.3 Å². The molecule has 2 bridgehead atoms. The molecule has 0 unspecified atom stereocenters. The van der Waals surface area contributed by atoms with Crippen molar-refractivity contribution in [3.8, 4) is 0 Å². The molecule has 3 rings (SSSR count). The topological polar surface area (TPSA) is 96.9 Å². The molecule has 3 fully saturated rings. The molecule has 0 heterocycles. The molecule has 114 valence electrons. The highest BCUT2D eigenvalue weighted by molar-refractivity contribution is 5.86. The molecule has 0 radical (unpaired) electrons. The largest absolute Gasteiger partial charge is 0.444 e. The maximum atomic E-state index is 12.0. The third kappa shape index (κ3) is 2.83. The van der Waals surface area contributed by atoms with E-state index >= 15 is 0 Å². The first-order chi connectivity index (χ1) is 9.20. The van der Waals surface area contributed by atoms with Crippen LogP contribution in [0, 0.1) is 5.41 Å². The number of carbonyl (C=O) groups is 1. The number of carbonyl (C=O) groups excluding carboxylic acids is 1. The Labute approximate surface area is 119 Å². The Balaban J connectivity index is 1.99. The molecule has 0 aromatic carbocycles. The van der Waals surface area contributed by atoms with E-state index < -0.39 is 5.60 Å². The van der Waals surface area contributed by atoms with Gasteiger partial charge in [-0.2, -0.15) is 0 Å². The van der Waals surface area contributed by atoms with E-state index in [1.165, 1.54) is 0 Å². The molecular formula is C14H25N3O3. The van der Waals surface area contributed by atoms with Crippen LogP contribution in [0.3, 0.4) is 0 Å². The first kappa shape index (κ1) is 14.9. The molecular weight excluding hydrogens is 258 g/mol. The highest BCUT2D eigenvalue weighted by Gasteiger charge is 2.51. The molecule has 20 heavy (non-hydrogen) atoms. The van der Waals surface area contributed by atoms with Gasteiger partial charge in [0.2, 0.25) is 0 Å². The van der Waals surface area contributed by atoms with Gasteiger partial charge >= 0.3 is 6.09 Å². The summed E-state index contributed by atoms with van der Waals surface area (Å²) in [4.78, 5) is 12.0. The van der Waals surface area contributed by atoms with Crippen LogP contribution in [0.2, 0.25) is 0 Å². The van der Waals surface area contributed by atoms with Crippen molar-refractivity contribution in [3.05, 3.63) is 0 Å². The number of nitrogens with one attached hydrogen (secondary N) is 1. The van der Waals surface area contributed by atoms with Crippen molar-refractivity contribution in [1.82, 2.24) is 5.32 Å². The van der Waals surface area contributed by atoms with Gasteiger partial charge in [-0.3, -0.25) is 0 Å². The Morgan fingerprint density at radius 3 is 2.10 bits per heavy atom. The molecule has 3 aliphatic carbocycles. The minimum Gasteiger partial charge on any atom is -0.444 e. The zero-order valence-electron chi connectivity index (χ0n) is 12.5. The van der Waals surface area contributed by atoms with Crippen molar-refractivity contribution in [1.29, 1.82) is 0 Å². The van der Waals surface area contributed by atoms with E-state index in [-0.39, 0.29) is 17.0 Å². The average molecular weight is 283 g/mol. The highest BCUT2D eigenvalue weighted by atomic mass is 16.6. The van der Waals surface area contributed by atoms with E-state index in [9.17, 15) is 4.79 Å². The molecule has 3 aliphatic rings. The van der Waals surface area contributed by atoms with Gasteiger partial charge in [0.15, 0.2) is 0 Å². The third-order valence-electron chi connectivity index (χ3n) is 4.66. The maximum Gasteiger partial charge on any atom is 0.408 e. The predicted octanol–water partition coefficient (Wildman–Crippen LogP) is 2.35. The maximum absolute atomic E-state index is 12.0. The van der Waals surface area contributed by atoms with Crippen LogP contribution in [0.1, 0.15) is 59.3 Å². The fourth-order valence-electron chi connectivity index (χ4n) is 3.38. The third-order valence-corrected chi connectivity index (χ3v) is 4.66. The minimum absolute atomic E-state index is 0.174. The molecule has 0 atom stereocenters. The van der Waals surface area contributed by atoms with E-state index in [0.29, 0.717) is 5.84 Å². The van der Waals surface area contributed by atoms with E-state index in [1.807, 2.05) is 20.8 Å². The lowest BCUT2D eigenvalue weighted by Crippen LogP contribution is -2.59. The summed E-state index contributed by atoms with van der Waals surface area (Å²) >= 11 is 0. The molecule has 6 nitrogen and oxygen atoms in total. The minimum atomic E-state index is -0.484. The summed E-state index contributed by atoms with van der Waals surface area (Å²) in [5, 5.41) is 15.2. The number of ether oxygens (including phenoxy) is 1. The number of amidine groups is 1. The SMILES string of the molecule is CC(C)(C)OC(=O)NC12CCC(/C(N)=N/O)(CC1)CC2. The van der Waals surface area contributed by atoms with Crippen molar-refractivity contribution in [2.75, 3.05) is 0 Å². The van der Waals surface area contributed by atoms with Gasteiger partial charge in [0.05, 0.1) is 0 Å². The van der Waals surface area contributed by atoms with Crippen LogP contribution in [0.5, 0.6) is 0 Å². The molecule has 0 spiro atoms. The van der Waals surface area contributed by atoms with Gasteiger partial charge in [-0.15, -0.1) is 0 Å². The average Bonchev–Trinajstić information content (AvgIpc) is 2.37. The van der Waals surface area contributed by atoms with Crippen LogP contribution in [0.25, 0.3) is 0 Å². The molecule has 0 aromatic rings. The monoisotopic (exact) mass is 283 g/mol. The summed E-state index contributed by atoms with van der Waals surface area (Å²) in [5.74, 6) is 0.336. The van der Waals surface area contributed by atoms with Gasteiger partial charge in [-0.1, -0.05) is 5.16 Å². The number of nitrogens with zero attached hydrogens (tertiary/aromatic N) is 1. The second-order valence-electron chi connectivity index (χ2n) is 7.17. The van der Waals surface area contributed by atoms with Crippen molar-refractivity contribution in [2.45, 2.75) is 70.4 Å². The lowest BCUT2D eigenvalue weighted by Gasteiger charge is -2.52. The summed E-state index contributed by atoms with van der Waals surface area (Å²) in [5.41, 5.74) is 4.99. The number of amides is 1. The lowest BCUT2D eigenvalue weighted by atomic mass is 9.57. The standard InChI is InChI=1S/C14H25N3O3/c1-12(2,3)20-11(18)16-14-7-4-13(5-8-14,6-9-14)10(15)17-19/h19H,4-9H2,1-3H3,(H2,15,17)(H,16,18). The lowest BCUT2D eigenvalue weighted by molar-refractivity contribution is 0.0232. The van der Waals surface area contributed by atoms with Crippen LogP contribution in [0.15, 0.2) is 5.16 Å². The Morgan fingerprint density at radius 2 is 1.70 bits per heavy atom. The van der Waals surface area contributed by atoms with Crippen LogP contribution in [0.4, 0.5) is 4.79 Å². The van der Waals surface area contributed by atoms with Gasteiger partial charge in [0.1, 0.15) is 11.4 Å². The number of hydrogen-bond acceptors (Lipinski definition) is 4. The summed E-state index contributed by atoms with van der Waals surface area (Å²) in [6.45, 7) is 5.57. The van der Waals surface area contributed by atoms with Crippen molar-refractivity contribution in [2.24, 2.45) is 16.3 Å². The number of alkyl carbamates (subject to hydrolysis) is 1. The van der Waals surface area contributed by atoms with Crippen molar-refractivity contribution in [3.63, 3.8) is 0 Å². The molecule has 4 N–H and O–H groups in total. The van der Waals surface area contributed by atoms with E-state index in [0.717, 1.165) is 38.5 Å². The first-order valence-electron chi connectivity index (χ1n) is 7.20. The van der Waals surface area contributed by atoms with E-state index in [1.54, 1.807) is 0 Å². The Kier molecular flexibility index (Phi) is 3.60. The Bertz CT molecular complexity index is 401. The van der Waals surface area contributed by atoms with Crippen LogP contribution < -0.4 is 11.1 Å². The fourth-order valence-corrected chi connectivity index (χ4v) is 3.38. The second-order valence-corrected chi connectivity index (χ2v) is 7.17. The summed E-state index contributed by atoms with van der Waals surface area (Å²) in [7, 11) is 0. The first-order valence-corrected chi connectivity index (χ1v) is 7.20. The molecule has 0 aromatic heterocycles. The highest BCUT2D eigenvalue weighted by Crippen LogP contribution is 2.52. The molecule has 3 saturated carbocycles. The van der Waals surface area contributed by atoms with E-state index in [4.69, 9.17) is 15.7 Å². The summed E-state index contributed by atoms with van der Waals surface area (Å²) < 4.78 is 5.34. The van der Waals surface area contributed by atoms with Crippen molar-refractivity contribution < 1.29 is 14.7 Å². The molecule has 6 heteroatoms. The number of hydrogen-bond donors (Lipinski definition) is 3. The van der Waals surface area contributed by atoms with E-state index in [2.05, 4.69) is 10.5 Å².